The van der Waals surface area contributed by atoms with Gasteiger partial charge in [0.25, 0.3) is 0 Å². The normalized spacial score (nSPS) is 11.1. The van der Waals surface area contributed by atoms with Crippen molar-refractivity contribution in [3.63, 3.8) is 0 Å². The van der Waals surface area contributed by atoms with Crippen molar-refractivity contribution < 1.29 is 0 Å². The van der Waals surface area contributed by atoms with Gasteiger partial charge in [0.15, 0.2) is 0 Å². The minimum atomic E-state index is 0.869. The molecule has 5 heteroatoms. The summed E-state index contributed by atoms with van der Waals surface area (Å²) in [6.07, 6.45) is 4.39. The van der Waals surface area contributed by atoms with Gasteiger partial charge in [-0.05, 0) is 31.7 Å². The molecule has 1 N–H and O–H groups in total. The number of benzene rings is 1. The lowest BCUT2D eigenvalue weighted by molar-refractivity contribution is 0.815. The van der Waals surface area contributed by atoms with Crippen molar-refractivity contribution in [2.45, 2.75) is 19.9 Å². The summed E-state index contributed by atoms with van der Waals surface area (Å²) in [6, 6.07) is 6.13. The van der Waals surface area contributed by atoms with Crippen LogP contribution in [-0.4, -0.2) is 22.0 Å². The molecule has 0 saturated heterocycles. The Morgan fingerprint density at radius 3 is 2.70 bits per heavy atom. The predicted molar refractivity (Wildman–Crippen MR) is 82.8 cm³/mol. The van der Waals surface area contributed by atoms with Gasteiger partial charge in [-0.15, -0.1) is 11.3 Å². The van der Waals surface area contributed by atoms with E-state index in [1.54, 1.807) is 23.7 Å². The fourth-order valence-corrected chi connectivity index (χ4v) is 3.34. The van der Waals surface area contributed by atoms with Gasteiger partial charge in [0, 0.05) is 29.4 Å². The Morgan fingerprint density at radius 1 is 1.15 bits per heavy atom. The number of thiazole rings is 1. The van der Waals surface area contributed by atoms with E-state index < -0.39 is 0 Å². The Balaban J connectivity index is 2.05. The Hall–Kier alpha value is -1.85. The molecule has 4 nitrogen and oxygen atoms in total. The number of aryl methyl sites for hydroxylation is 1. The van der Waals surface area contributed by atoms with Crippen molar-refractivity contribution in [3.05, 3.63) is 41.2 Å². The summed E-state index contributed by atoms with van der Waals surface area (Å²) in [6.45, 7) is 3.01. The van der Waals surface area contributed by atoms with Crippen molar-refractivity contribution in [3.8, 4) is 10.6 Å². The van der Waals surface area contributed by atoms with Crippen molar-refractivity contribution in [2.75, 3.05) is 7.05 Å². The first-order valence-corrected chi connectivity index (χ1v) is 7.47. The molecule has 0 spiro atoms. The lowest BCUT2D eigenvalue weighted by Crippen LogP contribution is -2.05. The van der Waals surface area contributed by atoms with Crippen molar-refractivity contribution >= 4 is 22.4 Å². The molecule has 1 aromatic carbocycles. The van der Waals surface area contributed by atoms with E-state index in [2.05, 4.69) is 34.3 Å². The van der Waals surface area contributed by atoms with Gasteiger partial charge in [-0.2, -0.15) is 0 Å². The minimum absolute atomic E-state index is 0.869. The summed E-state index contributed by atoms with van der Waals surface area (Å²) in [5.41, 5.74) is 4.12. The first-order valence-electron chi connectivity index (χ1n) is 6.66. The molecule has 0 saturated carbocycles. The molecule has 3 rings (SSSR count). The van der Waals surface area contributed by atoms with Gasteiger partial charge in [0.2, 0.25) is 0 Å². The third kappa shape index (κ3) is 2.42. The molecule has 0 unspecified atom stereocenters. The topological polar surface area (TPSA) is 50.7 Å². The highest BCUT2D eigenvalue weighted by Gasteiger charge is 2.11. The van der Waals surface area contributed by atoms with E-state index in [9.17, 15) is 0 Å². The Bertz CT molecular complexity index is 736. The summed E-state index contributed by atoms with van der Waals surface area (Å²) in [4.78, 5) is 14.7. The highest BCUT2D eigenvalue weighted by Crippen LogP contribution is 2.29. The summed E-state index contributed by atoms with van der Waals surface area (Å²) in [5, 5.41) is 4.26. The van der Waals surface area contributed by atoms with Crippen LogP contribution >= 0.6 is 11.3 Å². The Labute approximate surface area is 121 Å². The van der Waals surface area contributed by atoms with Gasteiger partial charge in [0.05, 0.1) is 16.7 Å². The van der Waals surface area contributed by atoms with Crippen molar-refractivity contribution in [1.29, 1.82) is 0 Å². The van der Waals surface area contributed by atoms with Crippen LogP contribution in [0.4, 0.5) is 0 Å². The minimum Gasteiger partial charge on any atom is -0.315 e. The van der Waals surface area contributed by atoms with Gasteiger partial charge in [-0.25, -0.2) is 4.98 Å². The SMILES string of the molecule is CCc1nc(-c2ccc3nccnc3c2)sc1CNC. The number of hydrogen-bond acceptors (Lipinski definition) is 5. The molecule has 0 amide bonds. The number of nitrogens with zero attached hydrogens (tertiary/aromatic N) is 3. The van der Waals surface area contributed by atoms with Gasteiger partial charge >= 0.3 is 0 Å². The van der Waals surface area contributed by atoms with Crippen LogP contribution in [0.15, 0.2) is 30.6 Å². The standard InChI is InChI=1S/C15H16N4S/c1-3-11-14(9-16-2)20-15(19-11)10-4-5-12-13(8-10)18-7-6-17-12/h4-8,16H,3,9H2,1-2H3. The fraction of sp³-hybridized carbons (Fsp3) is 0.267. The van der Waals surface area contributed by atoms with Gasteiger partial charge in [-0.3, -0.25) is 9.97 Å². The molecule has 0 aliphatic heterocycles. The smallest absolute Gasteiger partial charge is 0.123 e. The van der Waals surface area contributed by atoms with Crippen LogP contribution in [0.5, 0.6) is 0 Å². The number of hydrogen-bond donors (Lipinski definition) is 1. The van der Waals surface area contributed by atoms with Crippen LogP contribution < -0.4 is 5.32 Å². The number of nitrogens with one attached hydrogen (secondary N) is 1. The molecule has 20 heavy (non-hydrogen) atoms. The van der Waals surface area contributed by atoms with Crippen LogP contribution in [0.1, 0.15) is 17.5 Å². The number of aromatic nitrogens is 3. The molecule has 0 radical (unpaired) electrons. The second kappa shape index (κ2) is 5.64. The maximum atomic E-state index is 4.75. The van der Waals surface area contributed by atoms with Crippen LogP contribution in [0.25, 0.3) is 21.6 Å². The van der Waals surface area contributed by atoms with E-state index in [1.807, 2.05) is 13.1 Å². The van der Waals surface area contributed by atoms with Gasteiger partial charge < -0.3 is 5.32 Å². The number of rotatable bonds is 4. The first kappa shape index (κ1) is 13.1. The average Bonchev–Trinajstić information content (AvgIpc) is 2.90. The summed E-state index contributed by atoms with van der Waals surface area (Å²) < 4.78 is 0. The molecule has 2 aromatic heterocycles. The largest absolute Gasteiger partial charge is 0.315 e. The first-order chi connectivity index (χ1) is 9.81. The van der Waals surface area contributed by atoms with Crippen molar-refractivity contribution in [1.82, 2.24) is 20.3 Å². The second-order valence-electron chi connectivity index (χ2n) is 4.53. The molecule has 0 aliphatic carbocycles. The van der Waals surface area contributed by atoms with E-state index in [0.29, 0.717) is 0 Å². The lowest BCUT2D eigenvalue weighted by Gasteiger charge is -1.99. The van der Waals surface area contributed by atoms with Gasteiger partial charge in [0.1, 0.15) is 5.01 Å². The fourth-order valence-electron chi connectivity index (χ4n) is 2.18. The van der Waals surface area contributed by atoms with E-state index in [-0.39, 0.29) is 0 Å². The van der Waals surface area contributed by atoms with Crippen LogP contribution in [0, 0.1) is 0 Å². The van der Waals surface area contributed by atoms with E-state index in [1.165, 1.54) is 10.6 Å². The maximum absolute atomic E-state index is 4.75. The summed E-state index contributed by atoms with van der Waals surface area (Å²) >= 11 is 1.75. The van der Waals surface area contributed by atoms with E-state index in [0.717, 1.165) is 34.6 Å². The predicted octanol–water partition coefficient (Wildman–Crippen LogP) is 3.04. The zero-order valence-electron chi connectivity index (χ0n) is 11.6. The second-order valence-corrected chi connectivity index (χ2v) is 5.62. The molecular formula is C15H16N4S. The summed E-state index contributed by atoms with van der Waals surface area (Å²) in [5.74, 6) is 0. The third-order valence-corrected chi connectivity index (χ3v) is 4.31. The molecule has 2 heterocycles. The molecule has 0 aliphatic rings. The monoisotopic (exact) mass is 284 g/mol. The Morgan fingerprint density at radius 2 is 1.95 bits per heavy atom. The summed E-state index contributed by atoms with van der Waals surface area (Å²) in [7, 11) is 1.96. The van der Waals surface area contributed by atoms with Gasteiger partial charge in [-0.1, -0.05) is 6.92 Å². The zero-order chi connectivity index (χ0) is 13.9. The number of fused-ring (bicyclic) bond motifs is 1. The third-order valence-electron chi connectivity index (χ3n) is 3.17. The van der Waals surface area contributed by atoms with Crippen LogP contribution in [0.2, 0.25) is 0 Å². The lowest BCUT2D eigenvalue weighted by atomic mass is 10.2. The zero-order valence-corrected chi connectivity index (χ0v) is 12.4. The maximum Gasteiger partial charge on any atom is 0.123 e. The van der Waals surface area contributed by atoms with Crippen LogP contribution in [0.3, 0.4) is 0 Å². The molecular weight excluding hydrogens is 268 g/mol. The molecule has 0 bridgehead atoms. The van der Waals surface area contributed by atoms with Crippen LogP contribution in [-0.2, 0) is 13.0 Å². The van der Waals surface area contributed by atoms with E-state index in [4.69, 9.17) is 4.98 Å². The quantitative estimate of drug-likeness (QED) is 0.800. The van der Waals surface area contributed by atoms with E-state index >= 15 is 0 Å². The van der Waals surface area contributed by atoms with Crippen molar-refractivity contribution in [2.24, 2.45) is 0 Å². The molecule has 3 aromatic rings. The average molecular weight is 284 g/mol. The highest BCUT2D eigenvalue weighted by molar-refractivity contribution is 7.15. The molecule has 0 atom stereocenters. The molecule has 0 fully saturated rings. The highest BCUT2D eigenvalue weighted by atomic mass is 32.1. The molecule has 102 valence electrons. The Kier molecular flexibility index (Phi) is 3.71.